The minimum absolute atomic E-state index is 0.199. The molecule has 0 heterocycles. The minimum Gasteiger partial charge on any atom is -0.452 e. The third-order valence-electron chi connectivity index (χ3n) is 5.99. The monoisotopic (exact) mass is 384 g/mol. The molecule has 2 aromatic carbocycles. The second-order valence-corrected chi connectivity index (χ2v) is 8.16. The summed E-state index contributed by atoms with van der Waals surface area (Å²) in [5, 5.41) is 0. The molecule has 0 spiro atoms. The number of ether oxygens (including phenoxy) is 1. The lowest BCUT2D eigenvalue weighted by molar-refractivity contribution is 0.301. The fourth-order valence-electron chi connectivity index (χ4n) is 4.28. The average Bonchev–Trinajstić information content (AvgIpc) is 2.69. The van der Waals surface area contributed by atoms with E-state index in [0.29, 0.717) is 23.0 Å². The van der Waals surface area contributed by atoms with Gasteiger partial charge in [-0.3, -0.25) is 0 Å². The molecule has 0 saturated heterocycles. The number of benzene rings is 2. The highest BCUT2D eigenvalue weighted by molar-refractivity contribution is 5.61. The maximum atomic E-state index is 14.6. The topological polar surface area (TPSA) is 61.3 Å². The molecule has 1 aliphatic rings. The smallest absolute Gasteiger partial charge is 0.166 e. The van der Waals surface area contributed by atoms with E-state index in [4.69, 9.17) is 16.2 Å². The van der Waals surface area contributed by atoms with Gasteiger partial charge in [0.2, 0.25) is 0 Å². The van der Waals surface area contributed by atoms with E-state index in [1.54, 1.807) is 30.3 Å². The number of hydrogen-bond donors (Lipinski definition) is 2. The van der Waals surface area contributed by atoms with E-state index in [1.807, 2.05) is 6.07 Å². The number of halogens is 1. The van der Waals surface area contributed by atoms with Crippen molar-refractivity contribution in [1.29, 1.82) is 0 Å². The lowest BCUT2D eigenvalue weighted by atomic mass is 9.77. The van der Waals surface area contributed by atoms with E-state index >= 15 is 0 Å². The average molecular weight is 385 g/mol. The van der Waals surface area contributed by atoms with Gasteiger partial charge < -0.3 is 16.2 Å². The van der Waals surface area contributed by atoms with Gasteiger partial charge in [-0.2, -0.15) is 0 Å². The lowest BCUT2D eigenvalue weighted by Crippen LogP contribution is -2.13. The van der Waals surface area contributed by atoms with Crippen molar-refractivity contribution >= 4 is 11.4 Å². The molecule has 4 N–H and O–H groups in total. The van der Waals surface area contributed by atoms with E-state index in [9.17, 15) is 4.39 Å². The van der Waals surface area contributed by atoms with Crippen molar-refractivity contribution in [2.75, 3.05) is 11.5 Å². The first kappa shape index (κ1) is 20.5. The van der Waals surface area contributed by atoms with Crippen LogP contribution in [0.15, 0.2) is 36.4 Å². The number of nitrogens with two attached hydrogens (primary N) is 2. The molecule has 152 valence electrons. The van der Waals surface area contributed by atoms with Gasteiger partial charge in [-0.15, -0.1) is 0 Å². The van der Waals surface area contributed by atoms with Gasteiger partial charge in [-0.05, 0) is 73.4 Å². The van der Waals surface area contributed by atoms with Crippen molar-refractivity contribution in [1.82, 2.24) is 0 Å². The Hall–Kier alpha value is -2.23. The standard InChI is InChI=1S/C24H33FN2O/c1-2-3-4-5-6-17-7-9-18(10-8-17)19-11-13-23(21(25)15-19)28-24-14-12-20(26)16-22(24)27/h11-18H,2-10,26-27H2,1H3. The molecule has 0 atom stereocenters. The fourth-order valence-corrected chi connectivity index (χ4v) is 4.28. The van der Waals surface area contributed by atoms with Gasteiger partial charge in [0.15, 0.2) is 17.3 Å². The minimum atomic E-state index is -0.338. The molecule has 4 heteroatoms. The normalized spacial score (nSPS) is 19.5. The van der Waals surface area contributed by atoms with Crippen LogP contribution in [-0.2, 0) is 0 Å². The van der Waals surface area contributed by atoms with Crippen LogP contribution in [0.25, 0.3) is 0 Å². The Morgan fingerprint density at radius 1 is 0.929 bits per heavy atom. The van der Waals surface area contributed by atoms with Crippen LogP contribution < -0.4 is 16.2 Å². The van der Waals surface area contributed by atoms with Crippen LogP contribution in [0.3, 0.4) is 0 Å². The van der Waals surface area contributed by atoms with Crippen molar-refractivity contribution < 1.29 is 9.13 Å². The summed E-state index contributed by atoms with van der Waals surface area (Å²) >= 11 is 0. The zero-order valence-corrected chi connectivity index (χ0v) is 16.9. The Labute approximate surface area is 168 Å². The van der Waals surface area contributed by atoms with Gasteiger partial charge in [0.05, 0.1) is 5.69 Å². The summed E-state index contributed by atoms with van der Waals surface area (Å²) in [6, 6.07) is 10.3. The summed E-state index contributed by atoms with van der Waals surface area (Å²) in [7, 11) is 0. The summed E-state index contributed by atoms with van der Waals surface area (Å²) in [6.07, 6.45) is 11.6. The summed E-state index contributed by atoms with van der Waals surface area (Å²) in [5.74, 6) is 1.59. The van der Waals surface area contributed by atoms with Crippen LogP contribution in [0.5, 0.6) is 11.5 Å². The first-order valence-electron chi connectivity index (χ1n) is 10.7. The number of rotatable bonds is 8. The van der Waals surface area contributed by atoms with Crippen LogP contribution in [-0.4, -0.2) is 0 Å². The quantitative estimate of drug-likeness (QED) is 0.379. The highest BCUT2D eigenvalue weighted by Gasteiger charge is 2.23. The molecule has 0 aliphatic heterocycles. The van der Waals surface area contributed by atoms with Crippen molar-refractivity contribution in [2.45, 2.75) is 70.6 Å². The van der Waals surface area contributed by atoms with Crippen molar-refractivity contribution in [3.05, 3.63) is 47.8 Å². The molecule has 1 saturated carbocycles. The number of anilines is 2. The van der Waals surface area contributed by atoms with Gasteiger partial charge in [-0.25, -0.2) is 4.39 Å². The molecule has 1 aliphatic carbocycles. The largest absolute Gasteiger partial charge is 0.452 e. The second kappa shape index (κ2) is 9.81. The maximum absolute atomic E-state index is 14.6. The van der Waals surface area contributed by atoms with Gasteiger partial charge >= 0.3 is 0 Å². The Kier molecular flexibility index (Phi) is 7.18. The Bertz CT molecular complexity index is 769. The number of nitrogen functional groups attached to an aromatic ring is 2. The zero-order chi connectivity index (χ0) is 19.9. The molecule has 0 aromatic heterocycles. The Balaban J connectivity index is 1.56. The highest BCUT2D eigenvalue weighted by atomic mass is 19.1. The highest BCUT2D eigenvalue weighted by Crippen LogP contribution is 2.39. The first-order chi connectivity index (χ1) is 13.6. The van der Waals surface area contributed by atoms with Crippen LogP contribution in [0.1, 0.15) is 76.2 Å². The first-order valence-corrected chi connectivity index (χ1v) is 10.7. The third-order valence-corrected chi connectivity index (χ3v) is 5.99. The van der Waals surface area contributed by atoms with E-state index in [2.05, 4.69) is 6.92 Å². The molecular formula is C24H33FN2O. The van der Waals surface area contributed by atoms with Crippen LogP contribution >= 0.6 is 0 Å². The Morgan fingerprint density at radius 2 is 1.68 bits per heavy atom. The lowest BCUT2D eigenvalue weighted by Gasteiger charge is -2.29. The van der Waals surface area contributed by atoms with E-state index in [0.717, 1.165) is 24.3 Å². The molecule has 0 radical (unpaired) electrons. The SMILES string of the molecule is CCCCCCC1CCC(c2ccc(Oc3ccc(N)cc3N)c(F)c2)CC1. The molecule has 2 aromatic rings. The van der Waals surface area contributed by atoms with E-state index in [1.165, 1.54) is 44.9 Å². The Morgan fingerprint density at radius 3 is 2.36 bits per heavy atom. The summed E-state index contributed by atoms with van der Waals surface area (Å²) < 4.78 is 20.3. The van der Waals surface area contributed by atoms with Gasteiger partial charge in [-0.1, -0.05) is 45.1 Å². The fraction of sp³-hybridized carbons (Fsp3) is 0.500. The molecule has 3 nitrogen and oxygen atoms in total. The van der Waals surface area contributed by atoms with Gasteiger partial charge in [0.25, 0.3) is 0 Å². The van der Waals surface area contributed by atoms with E-state index in [-0.39, 0.29) is 11.6 Å². The van der Waals surface area contributed by atoms with Crippen LogP contribution in [0, 0.1) is 11.7 Å². The molecule has 0 unspecified atom stereocenters. The summed E-state index contributed by atoms with van der Waals surface area (Å²) in [6.45, 7) is 2.26. The molecule has 3 rings (SSSR count). The molecular weight excluding hydrogens is 351 g/mol. The van der Waals surface area contributed by atoms with Gasteiger partial charge in [0.1, 0.15) is 0 Å². The molecule has 0 bridgehead atoms. The molecule has 1 fully saturated rings. The van der Waals surface area contributed by atoms with Crippen LogP contribution in [0.2, 0.25) is 0 Å². The predicted molar refractivity (Wildman–Crippen MR) is 115 cm³/mol. The zero-order valence-electron chi connectivity index (χ0n) is 16.9. The van der Waals surface area contributed by atoms with E-state index < -0.39 is 0 Å². The third kappa shape index (κ3) is 5.40. The maximum Gasteiger partial charge on any atom is 0.166 e. The summed E-state index contributed by atoms with van der Waals surface area (Å²) in [5.41, 5.74) is 13.6. The van der Waals surface area contributed by atoms with Gasteiger partial charge in [0, 0.05) is 5.69 Å². The van der Waals surface area contributed by atoms with Crippen molar-refractivity contribution in [2.24, 2.45) is 5.92 Å². The van der Waals surface area contributed by atoms with Crippen molar-refractivity contribution in [3.63, 3.8) is 0 Å². The predicted octanol–water partition coefficient (Wildman–Crippen LogP) is 7.03. The summed E-state index contributed by atoms with van der Waals surface area (Å²) in [4.78, 5) is 0. The number of hydrogen-bond acceptors (Lipinski definition) is 3. The van der Waals surface area contributed by atoms with Crippen LogP contribution in [0.4, 0.5) is 15.8 Å². The second-order valence-electron chi connectivity index (χ2n) is 8.16. The van der Waals surface area contributed by atoms with Crippen molar-refractivity contribution in [3.8, 4) is 11.5 Å². The molecule has 28 heavy (non-hydrogen) atoms. The number of unbranched alkanes of at least 4 members (excludes halogenated alkanes) is 3. The molecule has 0 amide bonds.